The molecule has 0 radical (unpaired) electrons. The molecule has 1 aliphatic rings. The number of nitrogens with one attached hydrogen (secondary N) is 1. The monoisotopic (exact) mass is 440 g/mol. The van der Waals surface area contributed by atoms with Gasteiger partial charge in [-0.3, -0.25) is 4.79 Å². The van der Waals surface area contributed by atoms with Crippen molar-refractivity contribution in [2.75, 3.05) is 23.3 Å². The third kappa shape index (κ3) is 4.41. The largest absolute Gasteiger partial charge is 0.455 e. The molecule has 0 bridgehead atoms. The Kier molecular flexibility index (Phi) is 5.48. The number of ether oxygens (including phenoxy) is 1. The molecule has 8 heteroatoms. The first-order valence-corrected chi connectivity index (χ1v) is 10.8. The Hall–Kier alpha value is -4.20. The van der Waals surface area contributed by atoms with Gasteiger partial charge >= 0.3 is 0 Å². The van der Waals surface area contributed by atoms with Crippen LogP contribution in [0.15, 0.2) is 73.1 Å². The van der Waals surface area contributed by atoms with Crippen molar-refractivity contribution in [2.45, 2.75) is 13.8 Å². The van der Waals surface area contributed by atoms with Crippen LogP contribution < -0.4 is 15.0 Å². The van der Waals surface area contributed by atoms with Gasteiger partial charge in [0, 0.05) is 24.8 Å². The average Bonchev–Trinajstić information content (AvgIpc) is 3.13. The summed E-state index contributed by atoms with van der Waals surface area (Å²) >= 11 is 0. The standard InChI is InChI=1S/C25H24N6O2/c1-17-12-18(2)31(29-17)24-13-23(26-16-27-24)30-14-19(15-30)25(32)28-21-10-6-7-11-22(21)33-20-8-4-3-5-9-20/h3-13,16,19H,14-15H2,1-2H3,(H,28,32). The first kappa shape index (κ1) is 20.7. The van der Waals surface area contributed by atoms with E-state index < -0.39 is 0 Å². The van der Waals surface area contributed by atoms with Gasteiger partial charge in [0.1, 0.15) is 17.9 Å². The Morgan fingerprint density at radius 2 is 1.70 bits per heavy atom. The summed E-state index contributed by atoms with van der Waals surface area (Å²) in [5.41, 5.74) is 2.60. The van der Waals surface area contributed by atoms with E-state index in [1.54, 1.807) is 4.68 Å². The van der Waals surface area contributed by atoms with Crippen LogP contribution in [0.3, 0.4) is 0 Å². The predicted octanol–water partition coefficient (Wildman–Crippen LogP) is 4.15. The molecule has 5 rings (SSSR count). The number of benzene rings is 2. The Morgan fingerprint density at radius 1 is 0.970 bits per heavy atom. The number of carbonyl (C=O) groups is 1. The van der Waals surface area contributed by atoms with Crippen LogP contribution in [0.5, 0.6) is 11.5 Å². The number of rotatable bonds is 6. The van der Waals surface area contributed by atoms with Crippen LogP contribution in [0.1, 0.15) is 11.4 Å². The lowest BCUT2D eigenvalue weighted by Crippen LogP contribution is -2.52. The molecule has 1 N–H and O–H groups in total. The minimum Gasteiger partial charge on any atom is -0.455 e. The topological polar surface area (TPSA) is 85.2 Å². The van der Waals surface area contributed by atoms with Crippen LogP contribution in [0.25, 0.3) is 5.82 Å². The van der Waals surface area contributed by atoms with Gasteiger partial charge in [-0.2, -0.15) is 5.10 Å². The molecule has 0 atom stereocenters. The Morgan fingerprint density at radius 3 is 2.45 bits per heavy atom. The van der Waals surface area contributed by atoms with Gasteiger partial charge < -0.3 is 15.0 Å². The maximum atomic E-state index is 12.9. The molecule has 166 valence electrons. The van der Waals surface area contributed by atoms with Gasteiger partial charge in [0.15, 0.2) is 11.6 Å². The molecular weight excluding hydrogens is 416 g/mol. The second-order valence-corrected chi connectivity index (χ2v) is 8.08. The highest BCUT2D eigenvalue weighted by molar-refractivity contribution is 5.95. The van der Waals surface area contributed by atoms with E-state index in [1.165, 1.54) is 6.33 Å². The summed E-state index contributed by atoms with van der Waals surface area (Å²) in [5.74, 6) is 2.65. The molecule has 1 fully saturated rings. The van der Waals surface area contributed by atoms with Gasteiger partial charge in [0.2, 0.25) is 5.91 Å². The van der Waals surface area contributed by atoms with Crippen LogP contribution >= 0.6 is 0 Å². The summed E-state index contributed by atoms with van der Waals surface area (Å²) in [7, 11) is 0. The van der Waals surface area contributed by atoms with Crippen molar-refractivity contribution in [3.63, 3.8) is 0 Å². The molecule has 33 heavy (non-hydrogen) atoms. The lowest BCUT2D eigenvalue weighted by Gasteiger charge is -2.39. The van der Waals surface area contributed by atoms with E-state index in [0.717, 1.165) is 23.0 Å². The number of hydrogen-bond donors (Lipinski definition) is 1. The summed E-state index contributed by atoms with van der Waals surface area (Å²) < 4.78 is 7.75. The zero-order valence-electron chi connectivity index (χ0n) is 18.5. The number of amides is 1. The van der Waals surface area contributed by atoms with Crippen molar-refractivity contribution in [1.82, 2.24) is 19.7 Å². The Bertz CT molecular complexity index is 1280. The molecule has 1 amide bonds. The van der Waals surface area contributed by atoms with Crippen molar-refractivity contribution in [3.8, 4) is 17.3 Å². The molecule has 1 aliphatic heterocycles. The second-order valence-electron chi connectivity index (χ2n) is 8.08. The van der Waals surface area contributed by atoms with E-state index in [1.807, 2.05) is 80.6 Å². The second kappa shape index (κ2) is 8.74. The fourth-order valence-electron chi connectivity index (χ4n) is 3.83. The van der Waals surface area contributed by atoms with Crippen molar-refractivity contribution in [3.05, 3.63) is 84.4 Å². The third-order valence-corrected chi connectivity index (χ3v) is 5.56. The zero-order valence-corrected chi connectivity index (χ0v) is 18.5. The van der Waals surface area contributed by atoms with Crippen LogP contribution in [-0.2, 0) is 4.79 Å². The molecule has 8 nitrogen and oxygen atoms in total. The fraction of sp³-hybridized carbons (Fsp3) is 0.200. The van der Waals surface area contributed by atoms with Crippen molar-refractivity contribution in [2.24, 2.45) is 5.92 Å². The molecule has 1 saturated heterocycles. The molecule has 0 spiro atoms. The highest BCUT2D eigenvalue weighted by atomic mass is 16.5. The first-order chi connectivity index (χ1) is 16.1. The first-order valence-electron chi connectivity index (χ1n) is 10.8. The van der Waals surface area contributed by atoms with Crippen LogP contribution in [-0.4, -0.2) is 38.7 Å². The zero-order chi connectivity index (χ0) is 22.8. The Labute approximate surface area is 191 Å². The summed E-state index contributed by atoms with van der Waals surface area (Å²) in [6.45, 7) is 5.11. The predicted molar refractivity (Wildman–Crippen MR) is 126 cm³/mol. The van der Waals surface area contributed by atoms with Crippen molar-refractivity contribution >= 4 is 17.4 Å². The van der Waals surface area contributed by atoms with E-state index >= 15 is 0 Å². The lowest BCUT2D eigenvalue weighted by molar-refractivity contribution is -0.120. The van der Waals surface area contributed by atoms with E-state index in [4.69, 9.17) is 4.74 Å². The van der Waals surface area contributed by atoms with Gasteiger partial charge in [-0.15, -0.1) is 0 Å². The van der Waals surface area contributed by atoms with Gasteiger partial charge in [-0.05, 0) is 44.2 Å². The van der Waals surface area contributed by atoms with Crippen LogP contribution in [0.2, 0.25) is 0 Å². The molecule has 3 heterocycles. The smallest absolute Gasteiger partial charge is 0.231 e. The van der Waals surface area contributed by atoms with Gasteiger partial charge in [-0.1, -0.05) is 30.3 Å². The number of carbonyl (C=O) groups excluding carboxylic acids is 1. The van der Waals surface area contributed by atoms with Crippen LogP contribution in [0.4, 0.5) is 11.5 Å². The maximum Gasteiger partial charge on any atom is 0.231 e. The molecule has 4 aromatic rings. The highest BCUT2D eigenvalue weighted by Crippen LogP contribution is 2.31. The molecule has 0 aliphatic carbocycles. The quantitative estimate of drug-likeness (QED) is 0.485. The number of para-hydroxylation sites is 3. The SMILES string of the molecule is Cc1cc(C)n(-c2cc(N3CC(C(=O)Nc4ccccc4Oc4ccccc4)C3)ncn2)n1. The van der Waals surface area contributed by atoms with Gasteiger partial charge in [0.05, 0.1) is 17.3 Å². The summed E-state index contributed by atoms with van der Waals surface area (Å²) in [4.78, 5) is 23.7. The molecule has 0 saturated carbocycles. The summed E-state index contributed by atoms with van der Waals surface area (Å²) in [5, 5.41) is 7.50. The van der Waals surface area contributed by atoms with E-state index in [-0.39, 0.29) is 11.8 Å². The average molecular weight is 441 g/mol. The number of nitrogens with zero attached hydrogens (tertiary/aromatic N) is 5. The number of anilines is 2. The number of aryl methyl sites for hydroxylation is 2. The van der Waals surface area contributed by atoms with Crippen molar-refractivity contribution in [1.29, 1.82) is 0 Å². The lowest BCUT2D eigenvalue weighted by atomic mass is 9.99. The minimum absolute atomic E-state index is 0.0387. The van der Waals surface area contributed by atoms with E-state index in [0.29, 0.717) is 30.3 Å². The molecular formula is C25H24N6O2. The van der Waals surface area contributed by atoms with E-state index in [2.05, 4.69) is 25.3 Å². The highest BCUT2D eigenvalue weighted by Gasteiger charge is 2.34. The van der Waals surface area contributed by atoms with Gasteiger partial charge in [-0.25, -0.2) is 14.6 Å². The third-order valence-electron chi connectivity index (χ3n) is 5.56. The normalized spacial score (nSPS) is 13.5. The Balaban J connectivity index is 1.23. The van der Waals surface area contributed by atoms with E-state index in [9.17, 15) is 4.79 Å². The summed E-state index contributed by atoms with van der Waals surface area (Å²) in [6.07, 6.45) is 1.53. The minimum atomic E-state index is -0.137. The van der Waals surface area contributed by atoms with Crippen LogP contribution in [0, 0.1) is 19.8 Å². The summed E-state index contributed by atoms with van der Waals surface area (Å²) in [6, 6.07) is 20.9. The maximum absolute atomic E-state index is 12.9. The number of hydrogen-bond acceptors (Lipinski definition) is 6. The van der Waals surface area contributed by atoms with Gasteiger partial charge in [0.25, 0.3) is 0 Å². The fourth-order valence-corrected chi connectivity index (χ4v) is 3.83. The van der Waals surface area contributed by atoms with Crippen molar-refractivity contribution < 1.29 is 9.53 Å². The number of aromatic nitrogens is 4. The molecule has 0 unspecified atom stereocenters. The molecule has 2 aromatic carbocycles. The molecule has 2 aromatic heterocycles.